The molecule has 1 aliphatic rings. The second-order valence-corrected chi connectivity index (χ2v) is 9.53. The first kappa shape index (κ1) is 25.1. The van der Waals surface area contributed by atoms with Gasteiger partial charge in [0.25, 0.3) is 5.91 Å². The molecular formula is C28H28N4O6. The SMILES string of the molecule is CC(NC(=O)c1ccc2c(c1)nc(-c1ccoc1)n2C1CCCCC1)C(=O)Nc1cc(C(=O)O)ccc1O. The third kappa shape index (κ3) is 4.97. The number of fused-ring (bicyclic) bond motifs is 1. The van der Waals surface area contributed by atoms with Crippen molar-refractivity contribution in [1.82, 2.24) is 14.9 Å². The number of phenolic OH excluding ortho intramolecular Hbond substituents is 1. The van der Waals surface area contributed by atoms with Crippen LogP contribution in [0.1, 0.15) is 65.8 Å². The fraction of sp³-hybridized carbons (Fsp3) is 0.286. The molecule has 4 aromatic rings. The smallest absolute Gasteiger partial charge is 0.335 e. The molecular weight excluding hydrogens is 488 g/mol. The lowest BCUT2D eigenvalue weighted by molar-refractivity contribution is -0.117. The maximum Gasteiger partial charge on any atom is 0.335 e. The Balaban J connectivity index is 1.36. The van der Waals surface area contributed by atoms with Gasteiger partial charge >= 0.3 is 5.97 Å². The zero-order valence-electron chi connectivity index (χ0n) is 20.8. The van der Waals surface area contributed by atoms with Gasteiger partial charge in [0, 0.05) is 11.6 Å². The summed E-state index contributed by atoms with van der Waals surface area (Å²) in [6, 6.07) is 10.1. The number of hydrogen-bond donors (Lipinski definition) is 4. The summed E-state index contributed by atoms with van der Waals surface area (Å²) in [4.78, 5) is 41.7. The fourth-order valence-electron chi connectivity index (χ4n) is 4.90. The van der Waals surface area contributed by atoms with Crippen LogP contribution in [0, 0.1) is 0 Å². The van der Waals surface area contributed by atoms with E-state index in [0.29, 0.717) is 17.1 Å². The molecule has 1 saturated carbocycles. The summed E-state index contributed by atoms with van der Waals surface area (Å²) in [5.41, 5.74) is 2.68. The number of aromatic nitrogens is 2. The molecule has 196 valence electrons. The van der Waals surface area contributed by atoms with Gasteiger partial charge in [-0.15, -0.1) is 0 Å². The van der Waals surface area contributed by atoms with E-state index in [9.17, 15) is 19.5 Å². The van der Waals surface area contributed by atoms with E-state index < -0.39 is 23.8 Å². The van der Waals surface area contributed by atoms with Crippen LogP contribution in [0.4, 0.5) is 5.69 Å². The van der Waals surface area contributed by atoms with Gasteiger partial charge < -0.3 is 29.8 Å². The van der Waals surface area contributed by atoms with Gasteiger partial charge in [-0.25, -0.2) is 9.78 Å². The average Bonchev–Trinajstić information content (AvgIpc) is 3.58. The lowest BCUT2D eigenvalue weighted by Gasteiger charge is -2.25. The van der Waals surface area contributed by atoms with Crippen molar-refractivity contribution >= 4 is 34.5 Å². The number of carboxylic acids is 1. The van der Waals surface area contributed by atoms with Crippen molar-refractivity contribution in [3.8, 4) is 17.1 Å². The van der Waals surface area contributed by atoms with Gasteiger partial charge in [-0.3, -0.25) is 9.59 Å². The zero-order valence-corrected chi connectivity index (χ0v) is 20.8. The highest BCUT2D eigenvalue weighted by Crippen LogP contribution is 2.36. The Morgan fingerprint density at radius 1 is 1.05 bits per heavy atom. The number of carbonyl (C=O) groups is 3. The van der Waals surface area contributed by atoms with Crippen molar-refractivity contribution in [2.24, 2.45) is 0 Å². The Morgan fingerprint density at radius 2 is 1.82 bits per heavy atom. The van der Waals surface area contributed by atoms with Gasteiger partial charge in [0.15, 0.2) is 0 Å². The van der Waals surface area contributed by atoms with Crippen LogP contribution in [0.15, 0.2) is 59.4 Å². The molecule has 4 N–H and O–H groups in total. The van der Waals surface area contributed by atoms with Crippen LogP contribution in [0.2, 0.25) is 0 Å². The molecule has 2 aromatic carbocycles. The van der Waals surface area contributed by atoms with E-state index in [-0.39, 0.29) is 17.0 Å². The molecule has 10 heteroatoms. The quantitative estimate of drug-likeness (QED) is 0.254. The number of hydrogen-bond acceptors (Lipinski definition) is 6. The van der Waals surface area contributed by atoms with Gasteiger partial charge in [0.2, 0.25) is 5.91 Å². The highest BCUT2D eigenvalue weighted by molar-refractivity contribution is 6.03. The summed E-state index contributed by atoms with van der Waals surface area (Å²) in [6.45, 7) is 1.50. The number of anilines is 1. The van der Waals surface area contributed by atoms with Gasteiger partial charge in [0.1, 0.15) is 23.9 Å². The second kappa shape index (κ2) is 10.4. The third-order valence-electron chi connectivity index (χ3n) is 6.91. The van der Waals surface area contributed by atoms with E-state index in [1.54, 1.807) is 24.7 Å². The molecule has 2 aromatic heterocycles. The number of imidazole rings is 1. The molecule has 1 aliphatic carbocycles. The highest BCUT2D eigenvalue weighted by atomic mass is 16.4. The summed E-state index contributed by atoms with van der Waals surface area (Å²) in [5.74, 6) is -1.75. The van der Waals surface area contributed by atoms with Crippen molar-refractivity contribution in [1.29, 1.82) is 0 Å². The topological polar surface area (TPSA) is 147 Å². The van der Waals surface area contributed by atoms with Crippen molar-refractivity contribution in [2.75, 3.05) is 5.32 Å². The number of benzene rings is 2. The largest absolute Gasteiger partial charge is 0.506 e. The number of nitrogens with zero attached hydrogens (tertiary/aromatic N) is 2. The molecule has 2 heterocycles. The molecule has 10 nitrogen and oxygen atoms in total. The normalized spacial score (nSPS) is 14.8. The Morgan fingerprint density at radius 3 is 2.53 bits per heavy atom. The minimum Gasteiger partial charge on any atom is -0.506 e. The lowest BCUT2D eigenvalue weighted by atomic mass is 9.95. The molecule has 2 amide bonds. The van der Waals surface area contributed by atoms with Gasteiger partial charge in [-0.2, -0.15) is 0 Å². The maximum atomic E-state index is 13.0. The molecule has 0 aliphatic heterocycles. The van der Waals surface area contributed by atoms with E-state index in [4.69, 9.17) is 14.5 Å². The molecule has 1 atom stereocenters. The van der Waals surface area contributed by atoms with Crippen molar-refractivity contribution in [3.63, 3.8) is 0 Å². The van der Waals surface area contributed by atoms with Gasteiger partial charge in [0.05, 0.1) is 34.1 Å². The summed E-state index contributed by atoms with van der Waals surface area (Å²) in [6.07, 6.45) is 8.96. The number of carbonyl (C=O) groups excluding carboxylic acids is 2. The average molecular weight is 517 g/mol. The molecule has 0 bridgehead atoms. The zero-order chi connectivity index (χ0) is 26.8. The second-order valence-electron chi connectivity index (χ2n) is 9.53. The van der Waals surface area contributed by atoms with Crippen LogP contribution < -0.4 is 10.6 Å². The summed E-state index contributed by atoms with van der Waals surface area (Å²) in [7, 11) is 0. The van der Waals surface area contributed by atoms with Crippen molar-refractivity contribution < 1.29 is 29.0 Å². The van der Waals surface area contributed by atoms with Crippen LogP contribution in [0.5, 0.6) is 5.75 Å². The number of carboxylic acid groups (broad SMARTS) is 1. The molecule has 1 fully saturated rings. The number of phenols is 1. The van der Waals surface area contributed by atoms with E-state index in [1.165, 1.54) is 25.5 Å². The van der Waals surface area contributed by atoms with Crippen molar-refractivity contribution in [3.05, 3.63) is 66.1 Å². The lowest BCUT2D eigenvalue weighted by Crippen LogP contribution is -2.41. The van der Waals surface area contributed by atoms with Crippen LogP contribution >= 0.6 is 0 Å². The van der Waals surface area contributed by atoms with E-state index in [1.807, 2.05) is 12.1 Å². The third-order valence-corrected chi connectivity index (χ3v) is 6.91. The minimum absolute atomic E-state index is 0.0579. The molecule has 38 heavy (non-hydrogen) atoms. The van der Waals surface area contributed by atoms with Crippen LogP contribution in [-0.2, 0) is 4.79 Å². The van der Waals surface area contributed by atoms with E-state index in [2.05, 4.69) is 15.2 Å². The Hall–Kier alpha value is -4.60. The predicted octanol–water partition coefficient (Wildman–Crippen LogP) is 4.96. The van der Waals surface area contributed by atoms with Crippen LogP contribution in [0.25, 0.3) is 22.4 Å². The predicted molar refractivity (Wildman–Crippen MR) is 140 cm³/mol. The van der Waals surface area contributed by atoms with E-state index >= 15 is 0 Å². The molecule has 5 rings (SSSR count). The number of nitrogens with one attached hydrogen (secondary N) is 2. The number of amides is 2. The Bertz CT molecular complexity index is 1500. The van der Waals surface area contributed by atoms with E-state index in [0.717, 1.165) is 48.7 Å². The first-order valence-corrected chi connectivity index (χ1v) is 12.5. The minimum atomic E-state index is -1.20. The van der Waals surface area contributed by atoms with Gasteiger partial charge in [-0.05, 0) is 62.2 Å². The number of furan rings is 1. The summed E-state index contributed by atoms with van der Waals surface area (Å²) in [5, 5.41) is 24.2. The highest BCUT2D eigenvalue weighted by Gasteiger charge is 2.24. The monoisotopic (exact) mass is 516 g/mol. The molecule has 0 saturated heterocycles. The molecule has 1 unspecified atom stereocenters. The number of aromatic carboxylic acids is 1. The first-order chi connectivity index (χ1) is 18.3. The van der Waals surface area contributed by atoms with Crippen LogP contribution in [0.3, 0.4) is 0 Å². The first-order valence-electron chi connectivity index (χ1n) is 12.5. The fourth-order valence-corrected chi connectivity index (χ4v) is 4.90. The Kier molecular flexibility index (Phi) is 6.87. The van der Waals surface area contributed by atoms with Crippen LogP contribution in [-0.4, -0.2) is 43.6 Å². The standard InChI is InChI=1S/C28H28N4O6/c1-16(26(34)31-22-14-18(28(36)37)8-10-24(22)33)29-27(35)17-7-9-23-21(13-17)30-25(19-11-12-38-15-19)32(23)20-5-3-2-4-6-20/h7-16,20,33H,2-6H2,1H3,(H,29,35)(H,31,34)(H,36,37). The summed E-state index contributed by atoms with van der Waals surface area (Å²) < 4.78 is 7.55. The maximum absolute atomic E-state index is 13.0. The molecule has 0 spiro atoms. The Labute approximate surface area is 218 Å². The van der Waals surface area contributed by atoms with Crippen molar-refractivity contribution in [2.45, 2.75) is 51.1 Å². The number of aromatic hydroxyl groups is 1. The number of rotatable bonds is 7. The molecule has 0 radical (unpaired) electrons. The summed E-state index contributed by atoms with van der Waals surface area (Å²) >= 11 is 0. The van der Waals surface area contributed by atoms with Gasteiger partial charge in [-0.1, -0.05) is 19.3 Å².